The SMILES string of the molecule is C[C@@H]1[C@@H](c2ccc3c(c2)OCO3)c2c(ccc3c2OCO3)C(=O)[C@H]1C. The molecule has 5 heteroatoms. The van der Waals surface area contributed by atoms with E-state index in [2.05, 4.69) is 13.0 Å². The summed E-state index contributed by atoms with van der Waals surface area (Å²) < 4.78 is 22.3. The number of benzene rings is 2. The molecule has 2 aromatic carbocycles. The van der Waals surface area contributed by atoms with Gasteiger partial charge in [0.2, 0.25) is 13.6 Å². The highest BCUT2D eigenvalue weighted by molar-refractivity contribution is 6.02. The van der Waals surface area contributed by atoms with Crippen LogP contribution in [-0.2, 0) is 0 Å². The average molecular weight is 338 g/mol. The van der Waals surface area contributed by atoms with E-state index in [9.17, 15) is 4.79 Å². The van der Waals surface area contributed by atoms with Gasteiger partial charge in [0.25, 0.3) is 0 Å². The van der Waals surface area contributed by atoms with Crippen molar-refractivity contribution >= 4 is 5.78 Å². The van der Waals surface area contributed by atoms with Crippen molar-refractivity contribution in [2.75, 3.05) is 13.6 Å². The lowest BCUT2D eigenvalue weighted by atomic mass is 9.67. The van der Waals surface area contributed by atoms with Crippen LogP contribution >= 0.6 is 0 Å². The molecular formula is C20H18O5. The highest BCUT2D eigenvalue weighted by Crippen LogP contribution is 2.52. The number of hydrogen-bond acceptors (Lipinski definition) is 5. The highest BCUT2D eigenvalue weighted by Gasteiger charge is 2.42. The molecular weight excluding hydrogens is 320 g/mol. The van der Waals surface area contributed by atoms with Gasteiger partial charge in [0.15, 0.2) is 28.8 Å². The summed E-state index contributed by atoms with van der Waals surface area (Å²) in [7, 11) is 0. The average Bonchev–Trinajstić information content (AvgIpc) is 3.28. The highest BCUT2D eigenvalue weighted by atomic mass is 16.7. The Morgan fingerprint density at radius 1 is 0.880 bits per heavy atom. The van der Waals surface area contributed by atoms with Crippen LogP contribution in [0.2, 0.25) is 0 Å². The molecule has 2 aliphatic heterocycles. The molecule has 0 aromatic heterocycles. The lowest BCUT2D eigenvalue weighted by Crippen LogP contribution is -2.32. The first-order valence-corrected chi connectivity index (χ1v) is 8.51. The van der Waals surface area contributed by atoms with E-state index in [4.69, 9.17) is 18.9 Å². The topological polar surface area (TPSA) is 54.0 Å². The normalized spacial score (nSPS) is 25.8. The Bertz CT molecular complexity index is 888. The molecule has 0 unspecified atom stereocenters. The first-order valence-electron chi connectivity index (χ1n) is 8.51. The minimum atomic E-state index is -0.0664. The van der Waals surface area contributed by atoms with Gasteiger partial charge in [0, 0.05) is 23.0 Å². The largest absolute Gasteiger partial charge is 0.454 e. The summed E-state index contributed by atoms with van der Waals surface area (Å²) in [6.07, 6.45) is 0. The first-order chi connectivity index (χ1) is 12.1. The van der Waals surface area contributed by atoms with Crippen LogP contribution in [0.15, 0.2) is 30.3 Å². The number of ketones is 1. The van der Waals surface area contributed by atoms with Crippen molar-refractivity contribution < 1.29 is 23.7 Å². The van der Waals surface area contributed by atoms with Gasteiger partial charge in [-0.1, -0.05) is 19.9 Å². The second-order valence-corrected chi connectivity index (χ2v) is 6.86. The predicted molar refractivity (Wildman–Crippen MR) is 89.6 cm³/mol. The lowest BCUT2D eigenvalue weighted by Gasteiger charge is -2.36. The van der Waals surface area contributed by atoms with Crippen LogP contribution in [0.5, 0.6) is 23.0 Å². The van der Waals surface area contributed by atoms with E-state index in [1.807, 2.05) is 31.2 Å². The van der Waals surface area contributed by atoms with Gasteiger partial charge in [-0.3, -0.25) is 4.79 Å². The quantitative estimate of drug-likeness (QED) is 0.793. The van der Waals surface area contributed by atoms with Crippen LogP contribution in [0.4, 0.5) is 0 Å². The van der Waals surface area contributed by atoms with E-state index in [-0.39, 0.29) is 37.1 Å². The Labute approximate surface area is 145 Å². The van der Waals surface area contributed by atoms with Crippen molar-refractivity contribution in [2.45, 2.75) is 19.8 Å². The van der Waals surface area contributed by atoms with Gasteiger partial charge in [0.1, 0.15) is 0 Å². The standard InChI is InChI=1S/C20H18O5/c1-10-11(2)19(21)13-4-6-15-20(25-9-23-15)18(13)17(10)12-3-5-14-16(7-12)24-8-22-14/h3-7,10-11,17H,8-9H2,1-2H3/t10-,11-,17-/m0/s1. The van der Waals surface area contributed by atoms with E-state index in [1.165, 1.54) is 0 Å². The van der Waals surface area contributed by atoms with Crippen molar-refractivity contribution in [3.05, 3.63) is 47.0 Å². The number of fused-ring (bicyclic) bond motifs is 4. The van der Waals surface area contributed by atoms with Crippen molar-refractivity contribution in [2.24, 2.45) is 11.8 Å². The number of Topliss-reactive ketones (excluding diaryl/α,β-unsaturated/α-hetero) is 1. The van der Waals surface area contributed by atoms with Crippen LogP contribution in [0.1, 0.15) is 41.3 Å². The summed E-state index contributed by atoms with van der Waals surface area (Å²) in [5, 5.41) is 0. The molecule has 2 aromatic rings. The van der Waals surface area contributed by atoms with Gasteiger partial charge in [-0.2, -0.15) is 0 Å². The first kappa shape index (κ1) is 14.6. The molecule has 3 aliphatic rings. The Kier molecular flexibility index (Phi) is 3.02. The molecule has 25 heavy (non-hydrogen) atoms. The minimum absolute atomic E-state index is 0.0360. The molecule has 0 saturated heterocycles. The van der Waals surface area contributed by atoms with Gasteiger partial charge in [-0.05, 0) is 35.7 Å². The Hall–Kier alpha value is -2.69. The summed E-state index contributed by atoms with van der Waals surface area (Å²) in [6, 6.07) is 9.71. The zero-order valence-electron chi connectivity index (χ0n) is 14.1. The third-order valence-electron chi connectivity index (χ3n) is 5.64. The zero-order chi connectivity index (χ0) is 17.1. The van der Waals surface area contributed by atoms with Crippen LogP contribution in [0, 0.1) is 11.8 Å². The molecule has 0 bridgehead atoms. The van der Waals surface area contributed by atoms with E-state index in [0.717, 1.165) is 28.2 Å². The Morgan fingerprint density at radius 3 is 2.48 bits per heavy atom. The Morgan fingerprint density at radius 2 is 1.60 bits per heavy atom. The van der Waals surface area contributed by atoms with Crippen molar-refractivity contribution in [3.8, 4) is 23.0 Å². The van der Waals surface area contributed by atoms with Crippen LogP contribution < -0.4 is 18.9 Å². The molecule has 5 rings (SSSR count). The molecule has 3 atom stereocenters. The predicted octanol–water partition coefficient (Wildman–Crippen LogP) is 3.74. The number of carbonyl (C=O) groups is 1. The van der Waals surface area contributed by atoms with Crippen molar-refractivity contribution in [1.29, 1.82) is 0 Å². The van der Waals surface area contributed by atoms with Gasteiger partial charge < -0.3 is 18.9 Å². The summed E-state index contributed by atoms with van der Waals surface area (Å²) in [5.41, 5.74) is 2.77. The summed E-state index contributed by atoms with van der Waals surface area (Å²) in [5.74, 6) is 3.19. The van der Waals surface area contributed by atoms with E-state index in [1.54, 1.807) is 0 Å². The molecule has 0 saturated carbocycles. The molecule has 0 fully saturated rings. The molecule has 128 valence electrons. The number of carbonyl (C=O) groups excluding carboxylic acids is 1. The number of rotatable bonds is 1. The second kappa shape index (κ2) is 5.15. The molecule has 2 heterocycles. The summed E-state index contributed by atoms with van der Waals surface area (Å²) in [4.78, 5) is 12.8. The monoisotopic (exact) mass is 338 g/mol. The van der Waals surface area contributed by atoms with E-state index in [0.29, 0.717) is 11.5 Å². The smallest absolute Gasteiger partial charge is 0.231 e. The van der Waals surface area contributed by atoms with Gasteiger partial charge >= 0.3 is 0 Å². The second-order valence-electron chi connectivity index (χ2n) is 6.86. The van der Waals surface area contributed by atoms with Crippen LogP contribution in [0.3, 0.4) is 0 Å². The molecule has 0 N–H and O–H groups in total. The lowest BCUT2D eigenvalue weighted by molar-refractivity contribution is 0.0864. The summed E-state index contributed by atoms with van der Waals surface area (Å²) in [6.45, 7) is 4.56. The zero-order valence-corrected chi connectivity index (χ0v) is 14.1. The minimum Gasteiger partial charge on any atom is -0.454 e. The van der Waals surface area contributed by atoms with E-state index >= 15 is 0 Å². The molecule has 1 aliphatic carbocycles. The maximum absolute atomic E-state index is 12.8. The molecule has 5 nitrogen and oxygen atoms in total. The third kappa shape index (κ3) is 1.98. The third-order valence-corrected chi connectivity index (χ3v) is 5.64. The fourth-order valence-electron chi connectivity index (χ4n) is 4.13. The molecule has 0 amide bonds. The summed E-state index contributed by atoms with van der Waals surface area (Å²) >= 11 is 0. The maximum Gasteiger partial charge on any atom is 0.231 e. The number of ether oxygens (including phenoxy) is 4. The Balaban J connectivity index is 1.73. The fourth-order valence-corrected chi connectivity index (χ4v) is 4.13. The van der Waals surface area contributed by atoms with Crippen LogP contribution in [-0.4, -0.2) is 19.4 Å². The van der Waals surface area contributed by atoms with Gasteiger partial charge in [-0.15, -0.1) is 0 Å². The van der Waals surface area contributed by atoms with Crippen molar-refractivity contribution in [1.82, 2.24) is 0 Å². The van der Waals surface area contributed by atoms with Gasteiger partial charge in [0.05, 0.1) is 0 Å². The fraction of sp³-hybridized carbons (Fsp3) is 0.350. The van der Waals surface area contributed by atoms with Gasteiger partial charge in [-0.25, -0.2) is 0 Å². The maximum atomic E-state index is 12.8. The molecule has 0 radical (unpaired) electrons. The van der Waals surface area contributed by atoms with E-state index < -0.39 is 0 Å². The number of hydrogen-bond donors (Lipinski definition) is 0. The van der Waals surface area contributed by atoms with Crippen LogP contribution in [0.25, 0.3) is 0 Å². The van der Waals surface area contributed by atoms with Crippen molar-refractivity contribution in [3.63, 3.8) is 0 Å². The molecule has 0 spiro atoms.